The van der Waals surface area contributed by atoms with Crippen molar-refractivity contribution in [3.05, 3.63) is 29.6 Å². The molecule has 1 unspecified atom stereocenters. The SMILES string of the molecule is CC(=O)c1c(F)cccc1NCCOCC1CCCO1. The Bertz CT molecular complexity index is 458. The molecule has 0 spiro atoms. The lowest BCUT2D eigenvalue weighted by molar-refractivity contribution is 0.0206. The van der Waals surface area contributed by atoms with Gasteiger partial charge >= 0.3 is 0 Å². The van der Waals surface area contributed by atoms with Gasteiger partial charge in [0.05, 0.1) is 24.9 Å². The Balaban J connectivity index is 1.76. The maximum Gasteiger partial charge on any atom is 0.164 e. The zero-order chi connectivity index (χ0) is 14.4. The van der Waals surface area contributed by atoms with E-state index >= 15 is 0 Å². The van der Waals surface area contributed by atoms with Crippen LogP contribution in [-0.2, 0) is 9.47 Å². The van der Waals surface area contributed by atoms with Gasteiger partial charge in [0.15, 0.2) is 5.78 Å². The first kappa shape index (κ1) is 14.9. The van der Waals surface area contributed by atoms with Crippen molar-refractivity contribution in [3.63, 3.8) is 0 Å². The van der Waals surface area contributed by atoms with Gasteiger partial charge in [0.25, 0.3) is 0 Å². The summed E-state index contributed by atoms with van der Waals surface area (Å²) in [5.41, 5.74) is 0.616. The minimum atomic E-state index is -0.497. The molecule has 1 aliphatic heterocycles. The number of anilines is 1. The second kappa shape index (κ2) is 7.36. The Labute approximate surface area is 118 Å². The molecule has 2 rings (SSSR count). The van der Waals surface area contributed by atoms with Crippen molar-refractivity contribution in [1.82, 2.24) is 0 Å². The van der Waals surface area contributed by atoms with Crippen LogP contribution in [0.25, 0.3) is 0 Å². The summed E-state index contributed by atoms with van der Waals surface area (Å²) in [6.07, 6.45) is 2.35. The number of hydrogen-bond acceptors (Lipinski definition) is 4. The van der Waals surface area contributed by atoms with Crippen LogP contribution in [0.1, 0.15) is 30.1 Å². The Hall–Kier alpha value is -1.46. The molecule has 5 heteroatoms. The van der Waals surface area contributed by atoms with E-state index in [0.29, 0.717) is 25.4 Å². The average molecular weight is 281 g/mol. The Kier molecular flexibility index (Phi) is 5.49. The number of carbonyl (C=O) groups is 1. The van der Waals surface area contributed by atoms with Crippen molar-refractivity contribution in [2.75, 3.05) is 31.7 Å². The summed E-state index contributed by atoms with van der Waals surface area (Å²) in [4.78, 5) is 11.4. The molecule has 1 fully saturated rings. The lowest BCUT2D eigenvalue weighted by Crippen LogP contribution is -2.18. The largest absolute Gasteiger partial charge is 0.382 e. The van der Waals surface area contributed by atoms with Crippen LogP contribution in [0.2, 0.25) is 0 Å². The molecule has 4 nitrogen and oxygen atoms in total. The molecule has 0 aliphatic carbocycles. The molecule has 1 heterocycles. The molecule has 1 aromatic rings. The van der Waals surface area contributed by atoms with Crippen LogP contribution in [0.15, 0.2) is 18.2 Å². The van der Waals surface area contributed by atoms with Crippen molar-refractivity contribution >= 4 is 11.5 Å². The highest BCUT2D eigenvalue weighted by Gasteiger charge is 2.15. The fraction of sp³-hybridized carbons (Fsp3) is 0.533. The summed E-state index contributed by atoms with van der Waals surface area (Å²) in [6.45, 7) is 3.78. The molecule has 0 amide bonds. The maximum absolute atomic E-state index is 13.6. The lowest BCUT2D eigenvalue weighted by atomic mass is 10.1. The normalized spacial score (nSPS) is 18.2. The minimum Gasteiger partial charge on any atom is -0.382 e. The first-order valence-electron chi connectivity index (χ1n) is 6.91. The lowest BCUT2D eigenvalue weighted by Gasteiger charge is -2.13. The van der Waals surface area contributed by atoms with Crippen LogP contribution < -0.4 is 5.32 Å². The molecule has 1 saturated heterocycles. The van der Waals surface area contributed by atoms with Gasteiger partial charge in [0.2, 0.25) is 0 Å². The smallest absolute Gasteiger partial charge is 0.164 e. The molecule has 110 valence electrons. The van der Waals surface area contributed by atoms with Crippen LogP contribution in [0, 0.1) is 5.82 Å². The topological polar surface area (TPSA) is 47.6 Å². The van der Waals surface area contributed by atoms with E-state index in [0.717, 1.165) is 19.4 Å². The Morgan fingerprint density at radius 2 is 2.40 bits per heavy atom. The number of benzene rings is 1. The zero-order valence-corrected chi connectivity index (χ0v) is 11.7. The van der Waals surface area contributed by atoms with Gasteiger partial charge in [-0.25, -0.2) is 4.39 Å². The zero-order valence-electron chi connectivity index (χ0n) is 11.7. The minimum absolute atomic E-state index is 0.103. The van der Waals surface area contributed by atoms with Crippen LogP contribution in [0.5, 0.6) is 0 Å². The van der Waals surface area contributed by atoms with Gasteiger partial charge in [0.1, 0.15) is 5.82 Å². The van der Waals surface area contributed by atoms with E-state index in [9.17, 15) is 9.18 Å². The molecule has 0 radical (unpaired) electrons. The average Bonchev–Trinajstić information content (AvgIpc) is 2.91. The van der Waals surface area contributed by atoms with E-state index in [1.54, 1.807) is 12.1 Å². The van der Waals surface area contributed by atoms with Crippen molar-refractivity contribution in [3.8, 4) is 0 Å². The van der Waals surface area contributed by atoms with Crippen LogP contribution in [-0.4, -0.2) is 38.3 Å². The molecule has 1 atom stereocenters. The predicted molar refractivity (Wildman–Crippen MR) is 74.7 cm³/mol. The van der Waals surface area contributed by atoms with Gasteiger partial charge < -0.3 is 14.8 Å². The molecule has 1 aliphatic rings. The summed E-state index contributed by atoms with van der Waals surface area (Å²) < 4.78 is 24.5. The number of ether oxygens (including phenoxy) is 2. The first-order valence-corrected chi connectivity index (χ1v) is 6.91. The molecular formula is C15H20FNO3. The third kappa shape index (κ3) is 4.02. The van der Waals surface area contributed by atoms with Crippen molar-refractivity contribution in [2.45, 2.75) is 25.9 Å². The number of nitrogens with one attached hydrogen (secondary N) is 1. The van der Waals surface area contributed by atoms with Crippen molar-refractivity contribution in [1.29, 1.82) is 0 Å². The van der Waals surface area contributed by atoms with E-state index in [1.807, 2.05) is 0 Å². The second-order valence-electron chi connectivity index (χ2n) is 4.86. The van der Waals surface area contributed by atoms with Gasteiger partial charge in [-0.15, -0.1) is 0 Å². The standard InChI is InChI=1S/C15H20FNO3/c1-11(18)15-13(16)5-2-6-14(15)17-7-9-19-10-12-4-3-8-20-12/h2,5-6,12,17H,3-4,7-10H2,1H3. The van der Waals surface area contributed by atoms with E-state index < -0.39 is 5.82 Å². The number of ketones is 1. The first-order chi connectivity index (χ1) is 9.68. The van der Waals surface area contributed by atoms with E-state index in [-0.39, 0.29) is 17.5 Å². The van der Waals surface area contributed by atoms with Crippen molar-refractivity contribution in [2.24, 2.45) is 0 Å². The van der Waals surface area contributed by atoms with E-state index in [2.05, 4.69) is 5.32 Å². The quantitative estimate of drug-likeness (QED) is 0.616. The fourth-order valence-corrected chi connectivity index (χ4v) is 2.28. The van der Waals surface area contributed by atoms with Gasteiger partial charge in [-0.1, -0.05) is 6.07 Å². The molecule has 1 aromatic carbocycles. The molecular weight excluding hydrogens is 261 g/mol. The molecule has 0 saturated carbocycles. The summed E-state index contributed by atoms with van der Waals surface area (Å²) in [7, 11) is 0. The molecule has 0 aromatic heterocycles. The fourth-order valence-electron chi connectivity index (χ4n) is 2.28. The number of hydrogen-bond donors (Lipinski definition) is 1. The maximum atomic E-state index is 13.6. The van der Waals surface area contributed by atoms with Crippen LogP contribution >= 0.6 is 0 Å². The summed E-state index contributed by atoms with van der Waals surface area (Å²) in [5, 5.41) is 3.03. The van der Waals surface area contributed by atoms with E-state index in [4.69, 9.17) is 9.47 Å². The van der Waals surface area contributed by atoms with Crippen LogP contribution in [0.4, 0.5) is 10.1 Å². The summed E-state index contributed by atoms with van der Waals surface area (Å²) >= 11 is 0. The summed E-state index contributed by atoms with van der Waals surface area (Å²) in [6, 6.07) is 4.56. The number of rotatable bonds is 7. The molecule has 0 bridgehead atoms. The number of halogens is 1. The highest BCUT2D eigenvalue weighted by Crippen LogP contribution is 2.19. The van der Waals surface area contributed by atoms with Crippen LogP contribution in [0.3, 0.4) is 0 Å². The van der Waals surface area contributed by atoms with Gasteiger partial charge in [0, 0.05) is 18.8 Å². The monoisotopic (exact) mass is 281 g/mol. The Morgan fingerprint density at radius 3 is 3.10 bits per heavy atom. The summed E-state index contributed by atoms with van der Waals surface area (Å²) in [5.74, 6) is -0.784. The highest BCUT2D eigenvalue weighted by molar-refractivity contribution is 5.99. The van der Waals surface area contributed by atoms with Crippen molar-refractivity contribution < 1.29 is 18.7 Å². The van der Waals surface area contributed by atoms with Gasteiger partial charge in [-0.3, -0.25) is 4.79 Å². The highest BCUT2D eigenvalue weighted by atomic mass is 19.1. The molecule has 1 N–H and O–H groups in total. The van der Waals surface area contributed by atoms with E-state index in [1.165, 1.54) is 13.0 Å². The second-order valence-corrected chi connectivity index (χ2v) is 4.86. The molecule has 20 heavy (non-hydrogen) atoms. The predicted octanol–water partition coefficient (Wildman–Crippen LogP) is 2.64. The number of carbonyl (C=O) groups excluding carboxylic acids is 1. The third-order valence-corrected chi connectivity index (χ3v) is 3.26. The van der Waals surface area contributed by atoms with Gasteiger partial charge in [-0.05, 0) is 31.9 Å². The number of Topliss-reactive ketones (excluding diaryl/α,β-unsaturated/α-hetero) is 1. The van der Waals surface area contributed by atoms with Gasteiger partial charge in [-0.2, -0.15) is 0 Å². The third-order valence-electron chi connectivity index (χ3n) is 3.26. The Morgan fingerprint density at radius 1 is 1.55 bits per heavy atom.